The van der Waals surface area contributed by atoms with Gasteiger partial charge in [-0.3, -0.25) is 0 Å². The fourth-order valence-electron chi connectivity index (χ4n) is 1.38. The average Bonchev–Trinajstić information content (AvgIpc) is 2.29. The van der Waals surface area contributed by atoms with Gasteiger partial charge in [-0.25, -0.2) is 4.79 Å². The first-order valence-corrected chi connectivity index (χ1v) is 6.04. The summed E-state index contributed by atoms with van der Waals surface area (Å²) in [6, 6.07) is 7.16. The second-order valence-corrected chi connectivity index (χ2v) is 4.25. The molecule has 0 radical (unpaired) electrons. The molecule has 1 aromatic rings. The smallest absolute Gasteiger partial charge is 0.341 e. The fraction of sp³-hybridized carbons (Fsp3) is 0.500. The van der Waals surface area contributed by atoms with Crippen molar-refractivity contribution in [2.45, 2.75) is 27.2 Å². The third-order valence-corrected chi connectivity index (χ3v) is 2.34. The summed E-state index contributed by atoms with van der Waals surface area (Å²) in [7, 11) is 0. The highest BCUT2D eigenvalue weighted by molar-refractivity contribution is 5.92. The molecule has 0 fully saturated rings. The minimum atomic E-state index is -0.310. The summed E-state index contributed by atoms with van der Waals surface area (Å²) < 4.78 is 10.6. The molecule has 94 valence electrons. The Kier molecular flexibility index (Phi) is 5.53. The van der Waals surface area contributed by atoms with E-state index in [9.17, 15) is 4.79 Å². The number of hydrogen-bond donors (Lipinski definition) is 0. The van der Waals surface area contributed by atoms with E-state index in [1.165, 1.54) is 0 Å². The molecule has 1 aromatic carbocycles. The molecule has 0 atom stereocenters. The van der Waals surface area contributed by atoms with Crippen LogP contribution in [0.1, 0.15) is 37.6 Å². The van der Waals surface area contributed by atoms with E-state index < -0.39 is 0 Å². The highest BCUT2D eigenvalue weighted by atomic mass is 16.5. The summed E-state index contributed by atoms with van der Waals surface area (Å²) in [4.78, 5) is 11.8. The van der Waals surface area contributed by atoms with Gasteiger partial charge in [0.05, 0.1) is 13.2 Å². The van der Waals surface area contributed by atoms with Crippen molar-refractivity contribution < 1.29 is 14.3 Å². The lowest BCUT2D eigenvalue weighted by molar-refractivity contribution is 0.0484. The van der Waals surface area contributed by atoms with Crippen LogP contribution < -0.4 is 4.74 Å². The van der Waals surface area contributed by atoms with E-state index >= 15 is 0 Å². The molecule has 0 spiro atoms. The summed E-state index contributed by atoms with van der Waals surface area (Å²) in [5, 5.41) is 0. The SMILES string of the molecule is CCOc1ccccc1C(=O)OCCC(C)C. The molecule has 0 saturated carbocycles. The van der Waals surface area contributed by atoms with Gasteiger partial charge < -0.3 is 9.47 Å². The average molecular weight is 236 g/mol. The van der Waals surface area contributed by atoms with E-state index in [2.05, 4.69) is 13.8 Å². The predicted molar refractivity (Wildman–Crippen MR) is 67.3 cm³/mol. The first kappa shape index (κ1) is 13.6. The van der Waals surface area contributed by atoms with E-state index in [0.29, 0.717) is 30.4 Å². The summed E-state index contributed by atoms with van der Waals surface area (Å²) in [5.41, 5.74) is 0.498. The normalized spacial score (nSPS) is 10.4. The van der Waals surface area contributed by atoms with Gasteiger partial charge in [0.25, 0.3) is 0 Å². The highest BCUT2D eigenvalue weighted by Gasteiger charge is 2.13. The summed E-state index contributed by atoms with van der Waals surface area (Å²) in [6.45, 7) is 7.08. The van der Waals surface area contributed by atoms with Crippen LogP contribution >= 0.6 is 0 Å². The van der Waals surface area contributed by atoms with Gasteiger partial charge in [-0.2, -0.15) is 0 Å². The van der Waals surface area contributed by atoms with Crippen molar-refractivity contribution in [1.82, 2.24) is 0 Å². The standard InChI is InChI=1S/C14H20O3/c1-4-16-13-8-6-5-7-12(13)14(15)17-10-9-11(2)3/h5-8,11H,4,9-10H2,1-3H3. The molecule has 0 aliphatic rings. The lowest BCUT2D eigenvalue weighted by atomic mass is 10.1. The van der Waals surface area contributed by atoms with E-state index in [4.69, 9.17) is 9.47 Å². The Labute approximate surface area is 103 Å². The fourth-order valence-corrected chi connectivity index (χ4v) is 1.38. The Balaban J connectivity index is 2.61. The van der Waals surface area contributed by atoms with Crippen LogP contribution in [0.3, 0.4) is 0 Å². The van der Waals surface area contributed by atoms with Crippen LogP contribution in [0.25, 0.3) is 0 Å². The molecule has 0 unspecified atom stereocenters. The van der Waals surface area contributed by atoms with Crippen molar-refractivity contribution in [3.8, 4) is 5.75 Å². The van der Waals surface area contributed by atoms with Gasteiger partial charge in [0.1, 0.15) is 11.3 Å². The number of rotatable bonds is 6. The molecule has 0 N–H and O–H groups in total. The third kappa shape index (κ3) is 4.47. The van der Waals surface area contributed by atoms with Crippen molar-refractivity contribution in [3.05, 3.63) is 29.8 Å². The van der Waals surface area contributed by atoms with Gasteiger partial charge in [0, 0.05) is 0 Å². The number of carbonyl (C=O) groups is 1. The maximum Gasteiger partial charge on any atom is 0.341 e. The van der Waals surface area contributed by atoms with Crippen molar-refractivity contribution >= 4 is 5.97 Å². The molecule has 3 nitrogen and oxygen atoms in total. The van der Waals surface area contributed by atoms with Crippen LogP contribution in [0.5, 0.6) is 5.75 Å². The minimum Gasteiger partial charge on any atom is -0.493 e. The third-order valence-electron chi connectivity index (χ3n) is 2.34. The van der Waals surface area contributed by atoms with Gasteiger partial charge >= 0.3 is 5.97 Å². The number of hydrogen-bond acceptors (Lipinski definition) is 3. The monoisotopic (exact) mass is 236 g/mol. The van der Waals surface area contributed by atoms with Crippen molar-refractivity contribution in [3.63, 3.8) is 0 Å². The maximum absolute atomic E-state index is 11.8. The number of ether oxygens (including phenoxy) is 2. The first-order chi connectivity index (χ1) is 8.15. The first-order valence-electron chi connectivity index (χ1n) is 6.04. The Morgan fingerprint density at radius 3 is 2.65 bits per heavy atom. The van der Waals surface area contributed by atoms with Crippen LogP contribution in [0, 0.1) is 5.92 Å². The molecule has 0 heterocycles. The molecule has 0 saturated heterocycles. The number of carbonyl (C=O) groups excluding carboxylic acids is 1. The van der Waals surface area contributed by atoms with E-state index in [1.54, 1.807) is 12.1 Å². The Hall–Kier alpha value is -1.51. The maximum atomic E-state index is 11.8. The topological polar surface area (TPSA) is 35.5 Å². The van der Waals surface area contributed by atoms with E-state index in [-0.39, 0.29) is 5.97 Å². The number of para-hydroxylation sites is 1. The molecule has 0 aromatic heterocycles. The predicted octanol–water partition coefficient (Wildman–Crippen LogP) is 3.29. The molecule has 17 heavy (non-hydrogen) atoms. The van der Waals surface area contributed by atoms with Crippen molar-refractivity contribution in [2.24, 2.45) is 5.92 Å². The summed E-state index contributed by atoms with van der Waals surface area (Å²) >= 11 is 0. The van der Waals surface area contributed by atoms with E-state index in [1.807, 2.05) is 19.1 Å². The van der Waals surface area contributed by atoms with Gasteiger partial charge in [0.15, 0.2) is 0 Å². The van der Waals surface area contributed by atoms with Crippen LogP contribution in [-0.2, 0) is 4.74 Å². The van der Waals surface area contributed by atoms with Crippen LogP contribution in [-0.4, -0.2) is 19.2 Å². The van der Waals surface area contributed by atoms with Gasteiger partial charge in [-0.15, -0.1) is 0 Å². The molecular formula is C14H20O3. The molecule has 0 aliphatic heterocycles. The lowest BCUT2D eigenvalue weighted by Gasteiger charge is -2.10. The Morgan fingerprint density at radius 2 is 2.00 bits per heavy atom. The van der Waals surface area contributed by atoms with Crippen LogP contribution in [0.4, 0.5) is 0 Å². The van der Waals surface area contributed by atoms with Gasteiger partial charge in [-0.05, 0) is 31.4 Å². The summed E-state index contributed by atoms with van der Waals surface area (Å²) in [5.74, 6) is 0.809. The van der Waals surface area contributed by atoms with Gasteiger partial charge in [0.2, 0.25) is 0 Å². The number of benzene rings is 1. The lowest BCUT2D eigenvalue weighted by Crippen LogP contribution is -2.10. The van der Waals surface area contributed by atoms with Crippen molar-refractivity contribution in [1.29, 1.82) is 0 Å². The highest BCUT2D eigenvalue weighted by Crippen LogP contribution is 2.19. The zero-order chi connectivity index (χ0) is 12.7. The zero-order valence-corrected chi connectivity index (χ0v) is 10.7. The Bertz CT molecular complexity index is 358. The van der Waals surface area contributed by atoms with Crippen LogP contribution in [0.15, 0.2) is 24.3 Å². The number of esters is 1. The molecule has 0 amide bonds. The van der Waals surface area contributed by atoms with Crippen molar-refractivity contribution in [2.75, 3.05) is 13.2 Å². The van der Waals surface area contributed by atoms with E-state index in [0.717, 1.165) is 6.42 Å². The molecule has 1 rings (SSSR count). The van der Waals surface area contributed by atoms with Crippen LogP contribution in [0.2, 0.25) is 0 Å². The second-order valence-electron chi connectivity index (χ2n) is 4.25. The Morgan fingerprint density at radius 1 is 1.29 bits per heavy atom. The largest absolute Gasteiger partial charge is 0.493 e. The zero-order valence-electron chi connectivity index (χ0n) is 10.7. The molecule has 3 heteroatoms. The molecular weight excluding hydrogens is 216 g/mol. The summed E-state index contributed by atoms with van der Waals surface area (Å²) in [6.07, 6.45) is 0.878. The molecule has 0 aliphatic carbocycles. The molecule has 0 bridgehead atoms. The second kappa shape index (κ2) is 6.94. The minimum absolute atomic E-state index is 0.310. The van der Waals surface area contributed by atoms with Gasteiger partial charge in [-0.1, -0.05) is 26.0 Å². The quantitative estimate of drug-likeness (QED) is 0.711.